The van der Waals surface area contributed by atoms with Crippen molar-refractivity contribution in [1.29, 1.82) is 0 Å². The Morgan fingerprint density at radius 1 is 0.311 bits per heavy atom. The molecule has 0 aliphatic carbocycles. The SMILES string of the molecule is c1ccc(-c2cc(-c3ccccc3)cc(N(c3ccc(-c4ccc5c6ccc7ccccc7c6n(-c6ccccc6)c5c4)cc3)c3ccc4c(c3)oc3ccccc34)c2)cc1. The van der Waals surface area contributed by atoms with Crippen LogP contribution >= 0.6 is 0 Å². The lowest BCUT2D eigenvalue weighted by molar-refractivity contribution is 0.669. The fourth-order valence-electron chi connectivity index (χ4n) is 9.24. The monoisotopic (exact) mass is 778 g/mol. The van der Waals surface area contributed by atoms with Gasteiger partial charge in [-0.05, 0) is 105 Å². The minimum atomic E-state index is 0.859. The number of benzene rings is 10. The second kappa shape index (κ2) is 14.3. The van der Waals surface area contributed by atoms with Crippen LogP contribution in [0.2, 0.25) is 0 Å². The highest BCUT2D eigenvalue weighted by Crippen LogP contribution is 2.43. The van der Waals surface area contributed by atoms with Crippen LogP contribution in [0.4, 0.5) is 17.1 Å². The van der Waals surface area contributed by atoms with Gasteiger partial charge in [-0.2, -0.15) is 0 Å². The van der Waals surface area contributed by atoms with Gasteiger partial charge in [0.25, 0.3) is 0 Å². The van der Waals surface area contributed by atoms with Crippen LogP contribution in [0, 0.1) is 0 Å². The molecule has 0 aliphatic rings. The average Bonchev–Trinajstić information content (AvgIpc) is 3.88. The number of hydrogen-bond donors (Lipinski definition) is 0. The van der Waals surface area contributed by atoms with Crippen LogP contribution < -0.4 is 4.90 Å². The molecule has 0 aliphatic heterocycles. The minimum Gasteiger partial charge on any atom is -0.456 e. The highest BCUT2D eigenvalue weighted by molar-refractivity contribution is 6.19. The first-order chi connectivity index (χ1) is 30.2. The summed E-state index contributed by atoms with van der Waals surface area (Å²) in [5.74, 6) is 0. The number of para-hydroxylation sites is 2. The van der Waals surface area contributed by atoms with E-state index in [1.54, 1.807) is 0 Å². The number of rotatable bonds is 7. The zero-order chi connectivity index (χ0) is 40.3. The number of hydrogen-bond acceptors (Lipinski definition) is 2. The Morgan fingerprint density at radius 3 is 1.61 bits per heavy atom. The van der Waals surface area contributed by atoms with Crippen molar-refractivity contribution in [3.8, 4) is 39.1 Å². The van der Waals surface area contributed by atoms with Crippen molar-refractivity contribution in [2.75, 3.05) is 4.90 Å². The van der Waals surface area contributed by atoms with E-state index in [0.717, 1.165) is 66.9 Å². The first-order valence-electron chi connectivity index (χ1n) is 20.8. The Kier molecular flexibility index (Phi) is 8.17. The maximum absolute atomic E-state index is 6.47. The van der Waals surface area contributed by atoms with E-state index >= 15 is 0 Å². The molecule has 0 unspecified atom stereocenters. The summed E-state index contributed by atoms with van der Waals surface area (Å²) >= 11 is 0. The lowest BCUT2D eigenvalue weighted by atomic mass is 9.97. The summed E-state index contributed by atoms with van der Waals surface area (Å²) in [5.41, 5.74) is 15.4. The van der Waals surface area contributed by atoms with E-state index in [2.05, 4.69) is 228 Å². The Labute approximate surface area is 353 Å². The van der Waals surface area contributed by atoms with Crippen molar-refractivity contribution in [2.24, 2.45) is 0 Å². The Balaban J connectivity index is 1.03. The van der Waals surface area contributed by atoms with Crippen LogP contribution in [0.15, 0.2) is 235 Å². The normalized spacial score (nSPS) is 11.6. The number of fused-ring (bicyclic) bond motifs is 8. The fraction of sp³-hybridized carbons (Fsp3) is 0. The molecule has 12 rings (SSSR count). The van der Waals surface area contributed by atoms with Gasteiger partial charge < -0.3 is 13.9 Å². The van der Waals surface area contributed by atoms with Gasteiger partial charge in [0.05, 0.1) is 11.0 Å². The summed E-state index contributed by atoms with van der Waals surface area (Å²) in [6.07, 6.45) is 0. The predicted octanol–water partition coefficient (Wildman–Crippen LogP) is 16.3. The molecule has 0 fully saturated rings. The van der Waals surface area contributed by atoms with E-state index in [9.17, 15) is 0 Å². The Morgan fingerprint density at radius 2 is 0.869 bits per heavy atom. The summed E-state index contributed by atoms with van der Waals surface area (Å²) in [6, 6.07) is 83.0. The third-order valence-electron chi connectivity index (χ3n) is 12.1. The molecule has 2 heterocycles. The van der Waals surface area contributed by atoms with E-state index in [4.69, 9.17) is 4.42 Å². The van der Waals surface area contributed by atoms with Gasteiger partial charge in [0.15, 0.2) is 0 Å². The van der Waals surface area contributed by atoms with E-state index in [-0.39, 0.29) is 0 Å². The number of furan rings is 1. The number of aromatic nitrogens is 1. The highest BCUT2D eigenvalue weighted by atomic mass is 16.3. The first-order valence-corrected chi connectivity index (χ1v) is 20.8. The lowest BCUT2D eigenvalue weighted by Gasteiger charge is -2.27. The van der Waals surface area contributed by atoms with Crippen LogP contribution in [-0.2, 0) is 0 Å². The molecule has 3 heteroatoms. The van der Waals surface area contributed by atoms with Crippen molar-refractivity contribution in [2.45, 2.75) is 0 Å². The van der Waals surface area contributed by atoms with Gasteiger partial charge in [0.1, 0.15) is 11.2 Å². The summed E-state index contributed by atoms with van der Waals surface area (Å²) in [4.78, 5) is 2.36. The average molecular weight is 779 g/mol. The van der Waals surface area contributed by atoms with Gasteiger partial charge >= 0.3 is 0 Å². The Bertz CT molecular complexity index is 3510. The molecule has 0 amide bonds. The molecular formula is C58H38N2O. The lowest BCUT2D eigenvalue weighted by Crippen LogP contribution is -2.10. The van der Waals surface area contributed by atoms with E-state index in [0.29, 0.717) is 0 Å². The zero-order valence-corrected chi connectivity index (χ0v) is 33.2. The highest BCUT2D eigenvalue weighted by Gasteiger charge is 2.20. The van der Waals surface area contributed by atoms with Crippen LogP contribution in [-0.4, -0.2) is 4.57 Å². The van der Waals surface area contributed by atoms with Crippen LogP contribution in [0.3, 0.4) is 0 Å². The quantitative estimate of drug-likeness (QED) is 0.161. The molecule has 0 radical (unpaired) electrons. The van der Waals surface area contributed by atoms with Crippen molar-refractivity contribution in [3.63, 3.8) is 0 Å². The molecule has 61 heavy (non-hydrogen) atoms. The van der Waals surface area contributed by atoms with Crippen LogP contribution in [0.5, 0.6) is 0 Å². The fourth-order valence-corrected chi connectivity index (χ4v) is 9.24. The molecule has 2 aromatic heterocycles. The van der Waals surface area contributed by atoms with Gasteiger partial charge in [-0.1, -0.05) is 158 Å². The zero-order valence-electron chi connectivity index (χ0n) is 33.2. The standard InChI is InChI=1S/C58H38N2O/c1-4-14-39(15-5-1)44-34-45(40-16-6-2-7-17-40)36-49(35-44)59(48-30-33-53-52-22-12-13-23-56(52)61-57(53)38-48)47-28-24-41(25-29-47)43-27-31-51-54-32-26-42-18-10-11-21-50(42)58(54)60(55(51)37-43)46-19-8-3-9-20-46/h1-38H. The maximum Gasteiger partial charge on any atom is 0.137 e. The minimum absolute atomic E-state index is 0.859. The van der Waals surface area contributed by atoms with Gasteiger partial charge in [0, 0.05) is 55.7 Å². The van der Waals surface area contributed by atoms with Gasteiger partial charge in [0.2, 0.25) is 0 Å². The summed E-state index contributed by atoms with van der Waals surface area (Å²) < 4.78 is 8.91. The number of anilines is 3. The largest absolute Gasteiger partial charge is 0.456 e. The predicted molar refractivity (Wildman–Crippen MR) is 257 cm³/mol. The molecule has 0 saturated carbocycles. The van der Waals surface area contributed by atoms with E-state index in [1.807, 2.05) is 12.1 Å². The van der Waals surface area contributed by atoms with E-state index < -0.39 is 0 Å². The molecule has 0 N–H and O–H groups in total. The molecule has 286 valence electrons. The summed E-state index contributed by atoms with van der Waals surface area (Å²) in [5, 5.41) is 7.20. The molecule has 0 saturated heterocycles. The van der Waals surface area contributed by atoms with Crippen molar-refractivity contribution in [1.82, 2.24) is 4.57 Å². The Hall–Kier alpha value is -8.14. The van der Waals surface area contributed by atoms with Crippen molar-refractivity contribution >= 4 is 71.6 Å². The summed E-state index contributed by atoms with van der Waals surface area (Å²) in [7, 11) is 0. The number of nitrogens with zero attached hydrogens (tertiary/aromatic N) is 2. The molecular weight excluding hydrogens is 741 g/mol. The molecule has 12 aromatic rings. The van der Waals surface area contributed by atoms with Gasteiger partial charge in [-0.15, -0.1) is 0 Å². The van der Waals surface area contributed by atoms with Crippen molar-refractivity contribution in [3.05, 3.63) is 231 Å². The third kappa shape index (κ3) is 5.98. The molecule has 0 spiro atoms. The summed E-state index contributed by atoms with van der Waals surface area (Å²) in [6.45, 7) is 0. The second-order valence-electron chi connectivity index (χ2n) is 15.7. The molecule has 10 aromatic carbocycles. The molecule has 0 bridgehead atoms. The molecule has 0 atom stereocenters. The van der Waals surface area contributed by atoms with Gasteiger partial charge in [-0.3, -0.25) is 0 Å². The van der Waals surface area contributed by atoms with Gasteiger partial charge in [-0.25, -0.2) is 0 Å². The molecule has 3 nitrogen and oxygen atoms in total. The second-order valence-corrected chi connectivity index (χ2v) is 15.7. The maximum atomic E-state index is 6.47. The topological polar surface area (TPSA) is 21.3 Å². The van der Waals surface area contributed by atoms with Crippen LogP contribution in [0.1, 0.15) is 0 Å². The third-order valence-corrected chi connectivity index (χ3v) is 12.1. The smallest absolute Gasteiger partial charge is 0.137 e. The van der Waals surface area contributed by atoms with Crippen LogP contribution in [0.25, 0.3) is 93.6 Å². The first kappa shape index (κ1) is 34.9. The van der Waals surface area contributed by atoms with Crippen molar-refractivity contribution < 1.29 is 4.42 Å². The van der Waals surface area contributed by atoms with E-state index in [1.165, 1.54) is 43.7 Å².